The van der Waals surface area contributed by atoms with Crippen molar-refractivity contribution in [3.05, 3.63) is 63.1 Å². The smallest absolute Gasteiger partial charge is 0.120 e. The van der Waals surface area contributed by atoms with Crippen LogP contribution >= 0.6 is 15.9 Å². The standard InChI is InChI=1S/C17H17BrN2O/c1-12-7-13(9-19)3-4-14(12)11-21-16-5-6-17(18)15(8-16)10-20-2/h3-8,20H,10-11H2,1-2H3. The Labute approximate surface area is 133 Å². The van der Waals surface area contributed by atoms with Crippen LogP contribution in [0.1, 0.15) is 22.3 Å². The monoisotopic (exact) mass is 344 g/mol. The highest BCUT2D eigenvalue weighted by atomic mass is 79.9. The van der Waals surface area contributed by atoms with Gasteiger partial charge in [-0.25, -0.2) is 0 Å². The highest BCUT2D eigenvalue weighted by Crippen LogP contribution is 2.23. The molecule has 0 radical (unpaired) electrons. The Hall–Kier alpha value is -1.83. The molecule has 0 aliphatic carbocycles. The van der Waals surface area contributed by atoms with E-state index < -0.39 is 0 Å². The van der Waals surface area contributed by atoms with Crippen molar-refractivity contribution in [1.82, 2.24) is 5.32 Å². The molecule has 0 atom stereocenters. The molecule has 2 aromatic carbocycles. The van der Waals surface area contributed by atoms with Crippen LogP contribution < -0.4 is 10.1 Å². The summed E-state index contributed by atoms with van der Waals surface area (Å²) < 4.78 is 6.93. The van der Waals surface area contributed by atoms with Crippen molar-refractivity contribution in [2.45, 2.75) is 20.1 Å². The summed E-state index contributed by atoms with van der Waals surface area (Å²) in [5.41, 5.74) is 4.00. The lowest BCUT2D eigenvalue weighted by atomic mass is 10.1. The molecule has 0 aliphatic heterocycles. The summed E-state index contributed by atoms with van der Waals surface area (Å²) in [7, 11) is 1.92. The maximum Gasteiger partial charge on any atom is 0.120 e. The second-order valence-corrected chi connectivity index (χ2v) is 5.68. The molecule has 0 aromatic heterocycles. The van der Waals surface area contributed by atoms with E-state index in [9.17, 15) is 0 Å². The molecule has 0 spiro atoms. The van der Waals surface area contributed by atoms with E-state index in [2.05, 4.69) is 27.3 Å². The average molecular weight is 345 g/mol. The third-order valence-corrected chi connectivity index (χ3v) is 4.02. The highest BCUT2D eigenvalue weighted by molar-refractivity contribution is 9.10. The Bertz CT molecular complexity index is 677. The summed E-state index contributed by atoms with van der Waals surface area (Å²) in [6, 6.07) is 13.8. The fourth-order valence-electron chi connectivity index (χ4n) is 2.06. The van der Waals surface area contributed by atoms with Crippen LogP contribution in [0.3, 0.4) is 0 Å². The van der Waals surface area contributed by atoms with Gasteiger partial charge in [0.15, 0.2) is 0 Å². The lowest BCUT2D eigenvalue weighted by Gasteiger charge is -2.11. The van der Waals surface area contributed by atoms with Gasteiger partial charge in [-0.1, -0.05) is 22.0 Å². The van der Waals surface area contributed by atoms with Crippen LogP contribution in [-0.4, -0.2) is 7.05 Å². The number of rotatable bonds is 5. The molecule has 2 aromatic rings. The van der Waals surface area contributed by atoms with Crippen LogP contribution in [0.2, 0.25) is 0 Å². The van der Waals surface area contributed by atoms with Crippen LogP contribution in [0.5, 0.6) is 5.75 Å². The van der Waals surface area contributed by atoms with E-state index in [-0.39, 0.29) is 0 Å². The summed E-state index contributed by atoms with van der Waals surface area (Å²) in [6.07, 6.45) is 0. The van der Waals surface area contributed by atoms with Gasteiger partial charge in [0.05, 0.1) is 11.6 Å². The third kappa shape index (κ3) is 4.07. The fraction of sp³-hybridized carbons (Fsp3) is 0.235. The second kappa shape index (κ2) is 7.26. The minimum absolute atomic E-state index is 0.498. The van der Waals surface area contributed by atoms with E-state index in [4.69, 9.17) is 10.00 Å². The summed E-state index contributed by atoms with van der Waals surface area (Å²) >= 11 is 3.53. The van der Waals surface area contributed by atoms with Gasteiger partial charge in [-0.05, 0) is 61.0 Å². The van der Waals surface area contributed by atoms with Crippen LogP contribution in [0.25, 0.3) is 0 Å². The molecule has 0 saturated heterocycles. The second-order valence-electron chi connectivity index (χ2n) is 4.83. The minimum Gasteiger partial charge on any atom is -0.489 e. The first-order valence-electron chi connectivity index (χ1n) is 6.69. The molecule has 0 aliphatic rings. The van der Waals surface area contributed by atoms with Gasteiger partial charge in [-0.3, -0.25) is 0 Å². The van der Waals surface area contributed by atoms with Gasteiger partial charge >= 0.3 is 0 Å². The molecule has 21 heavy (non-hydrogen) atoms. The van der Waals surface area contributed by atoms with Crippen molar-refractivity contribution in [3.63, 3.8) is 0 Å². The van der Waals surface area contributed by atoms with Crippen LogP contribution in [-0.2, 0) is 13.2 Å². The first kappa shape index (κ1) is 15.6. The van der Waals surface area contributed by atoms with Gasteiger partial charge in [-0.2, -0.15) is 5.26 Å². The number of halogens is 1. The molecule has 3 nitrogen and oxygen atoms in total. The molecular formula is C17H17BrN2O. The Balaban J connectivity index is 2.10. The summed E-state index contributed by atoms with van der Waals surface area (Å²) in [4.78, 5) is 0. The summed E-state index contributed by atoms with van der Waals surface area (Å²) in [6.45, 7) is 3.28. The van der Waals surface area contributed by atoms with Crippen molar-refractivity contribution >= 4 is 15.9 Å². The number of nitrogens with zero attached hydrogens (tertiary/aromatic N) is 1. The highest BCUT2D eigenvalue weighted by Gasteiger charge is 2.04. The normalized spacial score (nSPS) is 10.2. The van der Waals surface area contributed by atoms with Gasteiger partial charge in [-0.15, -0.1) is 0 Å². The Morgan fingerprint density at radius 1 is 1.19 bits per heavy atom. The molecule has 0 amide bonds. The largest absolute Gasteiger partial charge is 0.489 e. The molecule has 0 heterocycles. The molecule has 4 heteroatoms. The Morgan fingerprint density at radius 2 is 2.00 bits per heavy atom. The van der Waals surface area contributed by atoms with Crippen LogP contribution in [0.15, 0.2) is 40.9 Å². The number of benzene rings is 2. The van der Waals surface area contributed by atoms with E-state index in [1.54, 1.807) is 0 Å². The Morgan fingerprint density at radius 3 is 2.67 bits per heavy atom. The molecule has 108 valence electrons. The molecule has 0 bridgehead atoms. The van der Waals surface area contributed by atoms with Gasteiger partial charge < -0.3 is 10.1 Å². The SMILES string of the molecule is CNCc1cc(OCc2ccc(C#N)cc2C)ccc1Br. The molecule has 2 rings (SSSR count). The first-order chi connectivity index (χ1) is 10.1. The zero-order valence-corrected chi connectivity index (χ0v) is 13.7. The first-order valence-corrected chi connectivity index (χ1v) is 7.49. The predicted octanol–water partition coefficient (Wildman–Crippen LogP) is 3.93. The number of hydrogen-bond donors (Lipinski definition) is 1. The van der Waals surface area contributed by atoms with Crippen LogP contribution in [0.4, 0.5) is 0 Å². The predicted molar refractivity (Wildman–Crippen MR) is 87.1 cm³/mol. The fourth-order valence-corrected chi connectivity index (χ4v) is 2.44. The third-order valence-electron chi connectivity index (χ3n) is 3.25. The molecular weight excluding hydrogens is 328 g/mol. The lowest BCUT2D eigenvalue weighted by molar-refractivity contribution is 0.305. The summed E-state index contributed by atoms with van der Waals surface area (Å²) in [5, 5.41) is 12.0. The van der Waals surface area contributed by atoms with Crippen molar-refractivity contribution in [2.75, 3.05) is 7.05 Å². The van der Waals surface area contributed by atoms with Crippen molar-refractivity contribution < 1.29 is 4.74 Å². The Kier molecular flexibility index (Phi) is 5.38. The van der Waals surface area contributed by atoms with Gasteiger partial charge in [0.2, 0.25) is 0 Å². The average Bonchev–Trinajstić information content (AvgIpc) is 2.49. The molecule has 1 N–H and O–H groups in total. The number of ether oxygens (including phenoxy) is 1. The number of hydrogen-bond acceptors (Lipinski definition) is 3. The molecule has 0 unspecified atom stereocenters. The van der Waals surface area contributed by atoms with Gasteiger partial charge in [0, 0.05) is 11.0 Å². The van der Waals surface area contributed by atoms with E-state index >= 15 is 0 Å². The van der Waals surface area contributed by atoms with Crippen LogP contribution in [0, 0.1) is 18.3 Å². The maximum atomic E-state index is 8.88. The van der Waals surface area contributed by atoms with E-state index in [1.807, 2.05) is 50.4 Å². The van der Waals surface area contributed by atoms with Crippen molar-refractivity contribution in [2.24, 2.45) is 0 Å². The van der Waals surface area contributed by atoms with Gasteiger partial charge in [0.25, 0.3) is 0 Å². The van der Waals surface area contributed by atoms with Crippen molar-refractivity contribution in [3.8, 4) is 11.8 Å². The minimum atomic E-state index is 0.498. The zero-order valence-electron chi connectivity index (χ0n) is 12.1. The number of aryl methyl sites for hydroxylation is 1. The topological polar surface area (TPSA) is 45.0 Å². The number of nitriles is 1. The molecule has 0 fully saturated rings. The van der Waals surface area contributed by atoms with E-state index in [0.717, 1.165) is 33.5 Å². The summed E-state index contributed by atoms with van der Waals surface area (Å²) in [5.74, 6) is 0.840. The maximum absolute atomic E-state index is 8.88. The van der Waals surface area contributed by atoms with E-state index in [0.29, 0.717) is 12.2 Å². The quantitative estimate of drug-likeness (QED) is 0.893. The number of nitrogens with one attached hydrogen (secondary N) is 1. The lowest BCUT2D eigenvalue weighted by Crippen LogP contribution is -2.06. The van der Waals surface area contributed by atoms with Gasteiger partial charge in [0.1, 0.15) is 12.4 Å². The molecule has 0 saturated carbocycles. The van der Waals surface area contributed by atoms with E-state index in [1.165, 1.54) is 0 Å². The zero-order chi connectivity index (χ0) is 15.2. The van der Waals surface area contributed by atoms with Crippen molar-refractivity contribution in [1.29, 1.82) is 5.26 Å².